The van der Waals surface area contributed by atoms with E-state index < -0.39 is 0 Å². The summed E-state index contributed by atoms with van der Waals surface area (Å²) in [6.45, 7) is 4.89. The third-order valence-electron chi connectivity index (χ3n) is 4.92. The number of rotatable bonds is 7. The normalized spacial score (nSPS) is 15.1. The molecule has 0 spiro atoms. The molecule has 0 saturated carbocycles. The van der Waals surface area contributed by atoms with Gasteiger partial charge in [-0.3, -0.25) is 5.01 Å². The van der Waals surface area contributed by atoms with Crippen molar-refractivity contribution in [2.45, 2.75) is 6.54 Å². The molecular weight excluding hydrogens is 378 g/mol. The van der Waals surface area contributed by atoms with Crippen molar-refractivity contribution in [3.63, 3.8) is 0 Å². The van der Waals surface area contributed by atoms with Gasteiger partial charge in [0.2, 0.25) is 0 Å². The number of nitrogens with one attached hydrogen (secondary N) is 1. The molecule has 0 atom stereocenters. The van der Waals surface area contributed by atoms with E-state index in [1.165, 1.54) is 5.56 Å². The van der Waals surface area contributed by atoms with Crippen LogP contribution in [0, 0.1) is 0 Å². The first-order chi connectivity index (χ1) is 13.6. The highest BCUT2D eigenvalue weighted by molar-refractivity contribution is 6.30. The van der Waals surface area contributed by atoms with Gasteiger partial charge in [0, 0.05) is 22.7 Å². The van der Waals surface area contributed by atoms with Gasteiger partial charge in [0.25, 0.3) is 0 Å². The van der Waals surface area contributed by atoms with E-state index in [1.54, 1.807) is 32.4 Å². The number of halogens is 1. The highest BCUT2D eigenvalue weighted by Gasteiger charge is 2.19. The molecule has 0 radical (unpaired) electrons. The summed E-state index contributed by atoms with van der Waals surface area (Å²) in [6, 6.07) is 11.8. The zero-order valence-corrected chi connectivity index (χ0v) is 17.3. The average molecular weight is 405 g/mol. The standard InChI is InChI=1S/C21H26ClN3O3/c1-26-18-12-20(27-2)19(21(13-18)28-3)14-23-25-10-8-24(9-11-25)15-16-4-6-17(22)7-5-16/h4-7,12-14H,8-11,15H2,1-3H3/p+1. The first-order valence-electron chi connectivity index (χ1n) is 9.30. The van der Waals surface area contributed by atoms with E-state index in [9.17, 15) is 0 Å². The zero-order valence-electron chi connectivity index (χ0n) is 16.6. The van der Waals surface area contributed by atoms with E-state index in [1.807, 2.05) is 24.3 Å². The van der Waals surface area contributed by atoms with Crippen molar-refractivity contribution in [3.8, 4) is 17.2 Å². The number of hydrazone groups is 1. The van der Waals surface area contributed by atoms with Gasteiger partial charge in [0.15, 0.2) is 0 Å². The van der Waals surface area contributed by atoms with Crippen LogP contribution in [0.2, 0.25) is 5.02 Å². The van der Waals surface area contributed by atoms with Crippen LogP contribution in [0.5, 0.6) is 17.2 Å². The van der Waals surface area contributed by atoms with Crippen LogP contribution in [0.15, 0.2) is 41.5 Å². The Bertz CT molecular complexity index is 778. The van der Waals surface area contributed by atoms with Crippen LogP contribution < -0.4 is 19.1 Å². The molecule has 1 fully saturated rings. The summed E-state index contributed by atoms with van der Waals surface area (Å²) in [6.07, 6.45) is 1.81. The van der Waals surface area contributed by atoms with Gasteiger partial charge < -0.3 is 19.1 Å². The lowest BCUT2D eigenvalue weighted by Crippen LogP contribution is -3.13. The smallest absolute Gasteiger partial charge is 0.135 e. The van der Waals surface area contributed by atoms with E-state index in [0.717, 1.165) is 43.3 Å². The van der Waals surface area contributed by atoms with E-state index in [0.29, 0.717) is 17.2 Å². The molecule has 2 aromatic carbocycles. The second-order valence-electron chi connectivity index (χ2n) is 6.70. The van der Waals surface area contributed by atoms with Crippen LogP contribution in [-0.2, 0) is 6.54 Å². The van der Waals surface area contributed by atoms with Crippen molar-refractivity contribution in [3.05, 3.63) is 52.5 Å². The minimum atomic E-state index is 0.673. The summed E-state index contributed by atoms with van der Waals surface area (Å²) < 4.78 is 16.2. The summed E-state index contributed by atoms with van der Waals surface area (Å²) in [7, 11) is 4.88. The molecule has 28 heavy (non-hydrogen) atoms. The van der Waals surface area contributed by atoms with Crippen molar-refractivity contribution >= 4 is 17.8 Å². The van der Waals surface area contributed by atoms with E-state index in [4.69, 9.17) is 25.8 Å². The molecule has 3 rings (SSSR count). The number of quaternary nitrogens is 1. The highest BCUT2D eigenvalue weighted by atomic mass is 35.5. The molecule has 7 heteroatoms. The zero-order chi connectivity index (χ0) is 19.9. The second kappa shape index (κ2) is 9.66. The Morgan fingerprint density at radius 1 is 1.00 bits per heavy atom. The molecule has 1 N–H and O–H groups in total. The van der Waals surface area contributed by atoms with Crippen molar-refractivity contribution in [2.75, 3.05) is 47.5 Å². The number of hydrogen-bond donors (Lipinski definition) is 1. The fourth-order valence-corrected chi connectivity index (χ4v) is 3.42. The van der Waals surface area contributed by atoms with Gasteiger partial charge in [-0.05, 0) is 12.1 Å². The van der Waals surface area contributed by atoms with Gasteiger partial charge in [-0.15, -0.1) is 0 Å². The maximum atomic E-state index is 5.96. The van der Waals surface area contributed by atoms with Crippen LogP contribution in [-0.4, -0.2) is 58.7 Å². The quantitative estimate of drug-likeness (QED) is 0.718. The van der Waals surface area contributed by atoms with Gasteiger partial charge >= 0.3 is 0 Å². The fraction of sp³-hybridized carbons (Fsp3) is 0.381. The number of ether oxygens (including phenoxy) is 3. The van der Waals surface area contributed by atoms with E-state index in [2.05, 4.69) is 22.2 Å². The minimum absolute atomic E-state index is 0.673. The summed E-state index contributed by atoms with van der Waals surface area (Å²) in [5.74, 6) is 2.03. The molecule has 0 aromatic heterocycles. The maximum absolute atomic E-state index is 5.96. The van der Waals surface area contributed by atoms with Gasteiger partial charge in [0.1, 0.15) is 23.8 Å². The van der Waals surface area contributed by atoms with Crippen molar-refractivity contribution < 1.29 is 19.1 Å². The molecule has 1 saturated heterocycles. The Morgan fingerprint density at radius 2 is 1.61 bits per heavy atom. The number of methoxy groups -OCH3 is 3. The lowest BCUT2D eigenvalue weighted by molar-refractivity contribution is -0.918. The molecule has 0 bridgehead atoms. The summed E-state index contributed by atoms with van der Waals surface area (Å²) >= 11 is 5.96. The molecule has 150 valence electrons. The van der Waals surface area contributed by atoms with Crippen LogP contribution in [0.4, 0.5) is 0 Å². The van der Waals surface area contributed by atoms with Crippen molar-refractivity contribution in [1.82, 2.24) is 5.01 Å². The third-order valence-corrected chi connectivity index (χ3v) is 5.17. The van der Waals surface area contributed by atoms with Crippen LogP contribution in [0.3, 0.4) is 0 Å². The number of benzene rings is 2. The number of nitrogens with zero attached hydrogens (tertiary/aromatic N) is 2. The number of piperazine rings is 1. The Labute approximate surface area is 171 Å². The fourth-order valence-electron chi connectivity index (χ4n) is 3.29. The van der Waals surface area contributed by atoms with Crippen LogP contribution in [0.25, 0.3) is 0 Å². The van der Waals surface area contributed by atoms with Crippen molar-refractivity contribution in [1.29, 1.82) is 0 Å². The lowest BCUT2D eigenvalue weighted by Gasteiger charge is -2.30. The van der Waals surface area contributed by atoms with Gasteiger partial charge in [-0.25, -0.2) is 0 Å². The Kier molecular flexibility index (Phi) is 7.01. The molecule has 0 amide bonds. The summed E-state index contributed by atoms with van der Waals surface area (Å²) in [4.78, 5) is 1.55. The second-order valence-corrected chi connectivity index (χ2v) is 7.13. The molecule has 6 nitrogen and oxygen atoms in total. The first kappa shape index (κ1) is 20.3. The topological polar surface area (TPSA) is 47.7 Å². The molecule has 0 unspecified atom stereocenters. The molecular formula is C21H27ClN3O3+. The van der Waals surface area contributed by atoms with E-state index in [-0.39, 0.29) is 0 Å². The maximum Gasteiger partial charge on any atom is 0.135 e. The van der Waals surface area contributed by atoms with Crippen LogP contribution >= 0.6 is 11.6 Å². The van der Waals surface area contributed by atoms with Crippen LogP contribution in [0.1, 0.15) is 11.1 Å². The Morgan fingerprint density at radius 3 is 2.14 bits per heavy atom. The van der Waals surface area contributed by atoms with Gasteiger partial charge in [0.05, 0.1) is 59.3 Å². The van der Waals surface area contributed by atoms with E-state index >= 15 is 0 Å². The number of hydrogen-bond acceptors (Lipinski definition) is 5. The largest absolute Gasteiger partial charge is 0.496 e. The SMILES string of the molecule is COc1cc(OC)c(C=NN2CC[NH+](Cc3ccc(Cl)cc3)CC2)c(OC)c1. The minimum Gasteiger partial charge on any atom is -0.496 e. The summed E-state index contributed by atoms with van der Waals surface area (Å²) in [5.41, 5.74) is 2.12. The Balaban J connectivity index is 1.61. The molecule has 1 heterocycles. The highest BCUT2D eigenvalue weighted by Crippen LogP contribution is 2.32. The first-order valence-corrected chi connectivity index (χ1v) is 9.67. The summed E-state index contributed by atoms with van der Waals surface area (Å²) in [5, 5.41) is 7.53. The molecule has 1 aliphatic heterocycles. The average Bonchev–Trinajstić information content (AvgIpc) is 2.74. The molecule has 2 aromatic rings. The molecule has 1 aliphatic rings. The predicted octanol–water partition coefficient (Wildman–Crippen LogP) is 2.10. The third kappa shape index (κ3) is 5.09. The lowest BCUT2D eigenvalue weighted by atomic mass is 10.2. The molecule has 0 aliphatic carbocycles. The monoisotopic (exact) mass is 404 g/mol. The Hall–Kier alpha value is -2.44. The van der Waals surface area contributed by atoms with Gasteiger partial charge in [-0.1, -0.05) is 23.7 Å². The predicted molar refractivity (Wildman–Crippen MR) is 111 cm³/mol. The van der Waals surface area contributed by atoms with Gasteiger partial charge in [-0.2, -0.15) is 5.10 Å². The van der Waals surface area contributed by atoms with Crippen molar-refractivity contribution in [2.24, 2.45) is 5.10 Å².